The van der Waals surface area contributed by atoms with Gasteiger partial charge in [-0.05, 0) is 47.5 Å². The topological polar surface area (TPSA) is 48.4 Å². The van der Waals surface area contributed by atoms with Gasteiger partial charge in [0, 0.05) is 16.0 Å². The van der Waals surface area contributed by atoms with E-state index in [2.05, 4.69) is 24.3 Å². The first-order valence-corrected chi connectivity index (χ1v) is 8.71. The van der Waals surface area contributed by atoms with E-state index < -0.39 is 6.04 Å². The number of furan rings is 1. The minimum absolute atomic E-state index is 0.462. The number of nitrogens with two attached hydrogens (primary N) is 1. The quantitative estimate of drug-likeness (QED) is 0.497. The zero-order valence-electron chi connectivity index (χ0n) is 14.3. The highest BCUT2D eigenvalue weighted by atomic mass is 35.5. The number of fused-ring (bicyclic) bond motifs is 1. The van der Waals surface area contributed by atoms with E-state index in [4.69, 9.17) is 26.5 Å². The molecule has 4 aromatic rings. The van der Waals surface area contributed by atoms with Gasteiger partial charge >= 0.3 is 0 Å². The molecule has 0 radical (unpaired) electrons. The van der Waals surface area contributed by atoms with Gasteiger partial charge in [0.15, 0.2) is 0 Å². The Morgan fingerprint density at radius 2 is 1.73 bits per heavy atom. The highest BCUT2D eigenvalue weighted by Crippen LogP contribution is 2.34. The second-order valence-corrected chi connectivity index (χ2v) is 6.57. The average Bonchev–Trinajstić information content (AvgIpc) is 3.11. The van der Waals surface area contributed by atoms with Crippen molar-refractivity contribution in [1.29, 1.82) is 0 Å². The molecule has 3 nitrogen and oxygen atoms in total. The molecule has 0 spiro atoms. The maximum atomic E-state index is 6.44. The molecule has 1 atom stereocenters. The number of methoxy groups -OCH3 is 1. The fourth-order valence-electron chi connectivity index (χ4n) is 3.13. The second kappa shape index (κ2) is 6.87. The van der Waals surface area contributed by atoms with E-state index in [0.29, 0.717) is 16.5 Å². The smallest absolute Gasteiger partial charge is 0.134 e. The van der Waals surface area contributed by atoms with Gasteiger partial charge in [0.1, 0.15) is 17.1 Å². The Kier molecular flexibility index (Phi) is 4.41. The van der Waals surface area contributed by atoms with Gasteiger partial charge in [0.05, 0.1) is 13.2 Å². The van der Waals surface area contributed by atoms with Crippen LogP contribution in [0, 0.1) is 0 Å². The Morgan fingerprint density at radius 3 is 2.50 bits per heavy atom. The molecule has 4 heteroatoms. The summed E-state index contributed by atoms with van der Waals surface area (Å²) in [5.41, 5.74) is 10.3. The summed E-state index contributed by atoms with van der Waals surface area (Å²) in [6, 6.07) is 23.3. The van der Waals surface area contributed by atoms with Crippen LogP contribution in [0.2, 0.25) is 5.02 Å². The average molecular weight is 364 g/mol. The minimum atomic E-state index is -0.462. The molecule has 130 valence electrons. The zero-order valence-corrected chi connectivity index (χ0v) is 15.0. The summed E-state index contributed by atoms with van der Waals surface area (Å²) in [5.74, 6) is 1.36. The molecule has 1 heterocycles. The van der Waals surface area contributed by atoms with Gasteiger partial charge < -0.3 is 14.9 Å². The molecule has 0 aliphatic heterocycles. The van der Waals surface area contributed by atoms with Crippen LogP contribution in [0.1, 0.15) is 17.4 Å². The highest BCUT2D eigenvalue weighted by molar-refractivity contribution is 6.30. The van der Waals surface area contributed by atoms with Crippen molar-refractivity contribution < 1.29 is 9.15 Å². The molecule has 0 aliphatic rings. The number of hydrogen-bond acceptors (Lipinski definition) is 3. The predicted octanol–water partition coefficient (Wildman–Crippen LogP) is 5.81. The predicted molar refractivity (Wildman–Crippen MR) is 106 cm³/mol. The molecular weight excluding hydrogens is 346 g/mol. The lowest BCUT2D eigenvalue weighted by atomic mass is 10.0. The van der Waals surface area contributed by atoms with Crippen LogP contribution in [0.3, 0.4) is 0 Å². The van der Waals surface area contributed by atoms with Crippen molar-refractivity contribution in [3.8, 4) is 16.9 Å². The van der Waals surface area contributed by atoms with E-state index in [9.17, 15) is 0 Å². The van der Waals surface area contributed by atoms with Crippen molar-refractivity contribution in [2.75, 3.05) is 7.11 Å². The number of benzene rings is 3. The molecule has 4 rings (SSSR count). The van der Waals surface area contributed by atoms with Crippen LogP contribution >= 0.6 is 11.6 Å². The lowest BCUT2D eigenvalue weighted by molar-refractivity contribution is 0.404. The monoisotopic (exact) mass is 363 g/mol. The molecule has 0 fully saturated rings. The SMILES string of the molecule is COc1ccc(Cl)cc1C(N)c1cc2cc(-c3ccccc3)ccc2o1. The van der Waals surface area contributed by atoms with E-state index in [1.54, 1.807) is 13.2 Å². The first-order chi connectivity index (χ1) is 12.7. The van der Waals surface area contributed by atoms with Gasteiger partial charge in [-0.25, -0.2) is 0 Å². The second-order valence-electron chi connectivity index (χ2n) is 6.13. The van der Waals surface area contributed by atoms with E-state index in [1.807, 2.05) is 42.5 Å². The number of rotatable bonds is 4. The number of ether oxygens (including phenoxy) is 1. The molecule has 3 aromatic carbocycles. The highest BCUT2D eigenvalue weighted by Gasteiger charge is 2.19. The van der Waals surface area contributed by atoms with Gasteiger partial charge in [-0.1, -0.05) is 48.0 Å². The summed E-state index contributed by atoms with van der Waals surface area (Å²) >= 11 is 6.13. The largest absolute Gasteiger partial charge is 0.496 e. The van der Waals surface area contributed by atoms with Gasteiger partial charge in [0.2, 0.25) is 0 Å². The Hall–Kier alpha value is -2.75. The van der Waals surface area contributed by atoms with Crippen LogP contribution in [0.5, 0.6) is 5.75 Å². The summed E-state index contributed by atoms with van der Waals surface area (Å²) in [7, 11) is 1.62. The van der Waals surface area contributed by atoms with Crippen molar-refractivity contribution in [3.63, 3.8) is 0 Å². The van der Waals surface area contributed by atoms with E-state index in [0.717, 1.165) is 27.7 Å². The summed E-state index contributed by atoms with van der Waals surface area (Å²) in [4.78, 5) is 0. The molecule has 0 saturated heterocycles. The van der Waals surface area contributed by atoms with Crippen LogP contribution in [0.25, 0.3) is 22.1 Å². The Labute approximate surface area is 157 Å². The normalized spacial score (nSPS) is 12.3. The molecule has 0 aliphatic carbocycles. The molecule has 0 amide bonds. The standard InChI is InChI=1S/C22H18ClNO2/c1-25-20-10-8-17(23)13-18(20)22(24)21-12-16-11-15(7-9-19(16)26-21)14-5-3-2-4-6-14/h2-13,22H,24H2,1H3. The molecule has 1 unspecified atom stereocenters. The summed E-state index contributed by atoms with van der Waals surface area (Å²) in [6.07, 6.45) is 0. The number of halogens is 1. The van der Waals surface area contributed by atoms with Gasteiger partial charge in [-0.15, -0.1) is 0 Å². The van der Waals surface area contributed by atoms with E-state index in [1.165, 1.54) is 0 Å². The molecule has 1 aromatic heterocycles. The van der Waals surface area contributed by atoms with Crippen LogP contribution in [-0.4, -0.2) is 7.11 Å². The third kappa shape index (κ3) is 3.07. The first kappa shape index (κ1) is 16.7. The van der Waals surface area contributed by atoms with E-state index in [-0.39, 0.29) is 0 Å². The first-order valence-electron chi connectivity index (χ1n) is 8.33. The summed E-state index contributed by atoms with van der Waals surface area (Å²) in [5, 5.41) is 1.62. The van der Waals surface area contributed by atoms with Crippen molar-refractivity contribution in [1.82, 2.24) is 0 Å². The lowest BCUT2D eigenvalue weighted by Gasteiger charge is -2.14. The Bertz CT molecular complexity index is 1060. The third-order valence-corrected chi connectivity index (χ3v) is 4.71. The van der Waals surface area contributed by atoms with Crippen molar-refractivity contribution >= 4 is 22.6 Å². The lowest BCUT2D eigenvalue weighted by Crippen LogP contribution is -2.12. The minimum Gasteiger partial charge on any atom is -0.496 e. The fraction of sp³-hybridized carbons (Fsp3) is 0.0909. The van der Waals surface area contributed by atoms with Gasteiger partial charge in [-0.3, -0.25) is 0 Å². The van der Waals surface area contributed by atoms with Gasteiger partial charge in [0.25, 0.3) is 0 Å². The molecular formula is C22H18ClNO2. The third-order valence-electron chi connectivity index (χ3n) is 4.48. The Balaban J connectivity index is 1.75. The fourth-order valence-corrected chi connectivity index (χ4v) is 3.31. The summed E-state index contributed by atoms with van der Waals surface area (Å²) < 4.78 is 11.4. The molecule has 26 heavy (non-hydrogen) atoms. The van der Waals surface area contributed by atoms with Crippen LogP contribution in [0.15, 0.2) is 77.2 Å². The van der Waals surface area contributed by atoms with Crippen molar-refractivity contribution in [2.24, 2.45) is 5.73 Å². The van der Waals surface area contributed by atoms with Crippen LogP contribution in [0.4, 0.5) is 0 Å². The zero-order chi connectivity index (χ0) is 18.1. The number of hydrogen-bond donors (Lipinski definition) is 1. The summed E-state index contributed by atoms with van der Waals surface area (Å²) in [6.45, 7) is 0. The maximum absolute atomic E-state index is 6.44. The maximum Gasteiger partial charge on any atom is 0.134 e. The van der Waals surface area contributed by atoms with Crippen LogP contribution in [-0.2, 0) is 0 Å². The van der Waals surface area contributed by atoms with E-state index >= 15 is 0 Å². The van der Waals surface area contributed by atoms with Crippen molar-refractivity contribution in [2.45, 2.75) is 6.04 Å². The molecule has 0 saturated carbocycles. The molecule has 2 N–H and O–H groups in total. The van der Waals surface area contributed by atoms with Gasteiger partial charge in [-0.2, -0.15) is 0 Å². The van der Waals surface area contributed by atoms with Crippen LogP contribution < -0.4 is 10.5 Å². The van der Waals surface area contributed by atoms with Crippen molar-refractivity contribution in [3.05, 3.63) is 89.1 Å². The molecule has 0 bridgehead atoms. The Morgan fingerprint density at radius 1 is 0.923 bits per heavy atom.